The molecule has 0 radical (unpaired) electrons. The summed E-state index contributed by atoms with van der Waals surface area (Å²) in [4.78, 5) is 0. The van der Waals surface area contributed by atoms with Crippen LogP contribution < -0.4 is 14.8 Å². The molecule has 1 aliphatic heterocycles. The minimum absolute atomic E-state index is 0.163. The van der Waals surface area contributed by atoms with E-state index in [4.69, 9.17) is 15.9 Å². The fraction of sp³-hybridized carbons (Fsp3) is 0.429. The van der Waals surface area contributed by atoms with Crippen molar-refractivity contribution in [2.75, 3.05) is 6.79 Å². The molecule has 0 saturated carbocycles. The first kappa shape index (κ1) is 11.8. The monoisotopic (exact) mass is 231 g/mol. The van der Waals surface area contributed by atoms with Gasteiger partial charge in [-0.3, -0.25) is 5.32 Å². The van der Waals surface area contributed by atoms with Gasteiger partial charge in [0.25, 0.3) is 0 Å². The van der Waals surface area contributed by atoms with Crippen LogP contribution in [0.25, 0.3) is 0 Å². The average molecular weight is 231 g/mol. The smallest absolute Gasteiger partial charge is 0.231 e. The standard InChI is InChI=1S/C14H17NO2/c1-5-14(3,4)15-10(2)11-6-7-12-13(8-11)17-9-16-12/h1,6-8,10,15H,9H2,2-4H3. The molecule has 90 valence electrons. The first-order chi connectivity index (χ1) is 8.02. The van der Waals surface area contributed by atoms with Gasteiger partial charge in [0, 0.05) is 6.04 Å². The van der Waals surface area contributed by atoms with Crippen LogP contribution in [0, 0.1) is 12.3 Å². The second kappa shape index (κ2) is 4.31. The van der Waals surface area contributed by atoms with E-state index in [0.717, 1.165) is 17.1 Å². The Bertz CT molecular complexity index is 460. The van der Waals surface area contributed by atoms with Crippen molar-refractivity contribution in [1.82, 2.24) is 5.32 Å². The van der Waals surface area contributed by atoms with Crippen LogP contribution in [0.4, 0.5) is 0 Å². The topological polar surface area (TPSA) is 30.5 Å². The number of hydrogen-bond donors (Lipinski definition) is 1. The van der Waals surface area contributed by atoms with Gasteiger partial charge in [0.2, 0.25) is 6.79 Å². The van der Waals surface area contributed by atoms with Gasteiger partial charge in [0.15, 0.2) is 11.5 Å². The minimum Gasteiger partial charge on any atom is -0.454 e. The summed E-state index contributed by atoms with van der Waals surface area (Å²) in [6, 6.07) is 6.11. The molecule has 2 rings (SSSR count). The Morgan fingerprint density at radius 1 is 1.35 bits per heavy atom. The average Bonchev–Trinajstić information content (AvgIpc) is 2.75. The van der Waals surface area contributed by atoms with Gasteiger partial charge in [-0.25, -0.2) is 0 Å². The Labute approximate surface area is 102 Å². The maximum absolute atomic E-state index is 5.47. The van der Waals surface area contributed by atoms with E-state index in [-0.39, 0.29) is 11.6 Å². The largest absolute Gasteiger partial charge is 0.454 e. The maximum atomic E-state index is 5.47. The van der Waals surface area contributed by atoms with Crippen molar-refractivity contribution in [3.05, 3.63) is 23.8 Å². The van der Waals surface area contributed by atoms with Crippen LogP contribution >= 0.6 is 0 Å². The Morgan fingerprint density at radius 3 is 2.76 bits per heavy atom. The highest BCUT2D eigenvalue weighted by Crippen LogP contribution is 2.34. The molecular formula is C14H17NO2. The van der Waals surface area contributed by atoms with Crippen LogP contribution in [0.3, 0.4) is 0 Å². The van der Waals surface area contributed by atoms with Gasteiger partial charge < -0.3 is 9.47 Å². The van der Waals surface area contributed by atoms with E-state index in [1.165, 1.54) is 0 Å². The molecule has 0 saturated heterocycles. The maximum Gasteiger partial charge on any atom is 0.231 e. The summed E-state index contributed by atoms with van der Waals surface area (Å²) in [5, 5.41) is 3.38. The van der Waals surface area contributed by atoms with Crippen LogP contribution in [0.2, 0.25) is 0 Å². The lowest BCUT2D eigenvalue weighted by Gasteiger charge is -2.25. The number of nitrogens with one attached hydrogen (secondary N) is 1. The van der Waals surface area contributed by atoms with Crippen molar-refractivity contribution in [3.8, 4) is 23.8 Å². The van der Waals surface area contributed by atoms with E-state index in [1.54, 1.807) is 0 Å². The molecule has 3 nitrogen and oxygen atoms in total. The van der Waals surface area contributed by atoms with Crippen molar-refractivity contribution >= 4 is 0 Å². The number of ether oxygens (including phenoxy) is 2. The molecule has 1 N–H and O–H groups in total. The molecule has 0 aromatic heterocycles. The number of hydrogen-bond acceptors (Lipinski definition) is 3. The summed E-state index contributed by atoms with van der Waals surface area (Å²) in [6.45, 7) is 6.35. The zero-order valence-corrected chi connectivity index (χ0v) is 10.4. The molecule has 17 heavy (non-hydrogen) atoms. The molecule has 1 unspecified atom stereocenters. The number of benzene rings is 1. The molecule has 1 aliphatic rings. The SMILES string of the molecule is C#CC(C)(C)NC(C)c1ccc2c(c1)OCO2. The van der Waals surface area contributed by atoms with Crippen LogP contribution in [0.1, 0.15) is 32.4 Å². The Morgan fingerprint density at radius 2 is 2.06 bits per heavy atom. The summed E-state index contributed by atoms with van der Waals surface area (Å²) in [6.07, 6.45) is 5.47. The molecule has 0 bridgehead atoms. The van der Waals surface area contributed by atoms with Crippen molar-refractivity contribution in [1.29, 1.82) is 0 Å². The van der Waals surface area contributed by atoms with Crippen LogP contribution in [0.5, 0.6) is 11.5 Å². The summed E-state index contributed by atoms with van der Waals surface area (Å²) in [7, 11) is 0. The predicted octanol–water partition coefficient (Wildman–Crippen LogP) is 2.48. The van der Waals surface area contributed by atoms with Crippen molar-refractivity contribution < 1.29 is 9.47 Å². The molecular weight excluding hydrogens is 214 g/mol. The Hall–Kier alpha value is -1.66. The lowest BCUT2D eigenvalue weighted by Crippen LogP contribution is -2.39. The zero-order valence-electron chi connectivity index (χ0n) is 10.4. The van der Waals surface area contributed by atoms with Gasteiger partial charge in [-0.05, 0) is 38.5 Å². The molecule has 3 heteroatoms. The summed E-state index contributed by atoms with van der Waals surface area (Å²) >= 11 is 0. The third-order valence-corrected chi connectivity index (χ3v) is 2.83. The number of fused-ring (bicyclic) bond motifs is 1. The zero-order chi connectivity index (χ0) is 12.5. The highest BCUT2D eigenvalue weighted by molar-refractivity contribution is 5.45. The molecule has 0 fully saturated rings. The molecule has 0 amide bonds. The van der Waals surface area contributed by atoms with Gasteiger partial charge in [-0.2, -0.15) is 0 Å². The third-order valence-electron chi connectivity index (χ3n) is 2.83. The third kappa shape index (κ3) is 2.54. The van der Waals surface area contributed by atoms with E-state index in [9.17, 15) is 0 Å². The summed E-state index contributed by atoms with van der Waals surface area (Å²) < 4.78 is 10.6. The highest BCUT2D eigenvalue weighted by atomic mass is 16.7. The van der Waals surface area contributed by atoms with Gasteiger partial charge in [-0.1, -0.05) is 12.0 Å². The highest BCUT2D eigenvalue weighted by Gasteiger charge is 2.20. The predicted molar refractivity (Wildman–Crippen MR) is 67.0 cm³/mol. The molecule has 1 aromatic rings. The molecule has 0 aliphatic carbocycles. The molecule has 1 heterocycles. The van der Waals surface area contributed by atoms with Gasteiger partial charge in [0.05, 0.1) is 5.54 Å². The normalized spacial score (nSPS) is 15.4. The quantitative estimate of drug-likeness (QED) is 0.811. The van der Waals surface area contributed by atoms with Crippen molar-refractivity contribution in [2.24, 2.45) is 0 Å². The second-order valence-electron chi connectivity index (χ2n) is 4.75. The first-order valence-corrected chi connectivity index (χ1v) is 5.67. The van der Waals surface area contributed by atoms with Crippen LogP contribution in [-0.4, -0.2) is 12.3 Å². The van der Waals surface area contributed by atoms with E-state index in [0.29, 0.717) is 6.79 Å². The fourth-order valence-electron chi connectivity index (χ4n) is 1.85. The Balaban J connectivity index is 2.15. The van der Waals surface area contributed by atoms with E-state index in [2.05, 4.69) is 18.2 Å². The second-order valence-corrected chi connectivity index (χ2v) is 4.75. The number of terminal acetylenes is 1. The van der Waals surface area contributed by atoms with E-state index in [1.807, 2.05) is 32.0 Å². The first-order valence-electron chi connectivity index (χ1n) is 5.67. The van der Waals surface area contributed by atoms with E-state index >= 15 is 0 Å². The molecule has 1 atom stereocenters. The van der Waals surface area contributed by atoms with Crippen LogP contribution in [-0.2, 0) is 0 Å². The van der Waals surface area contributed by atoms with Crippen molar-refractivity contribution in [2.45, 2.75) is 32.4 Å². The minimum atomic E-state index is -0.324. The van der Waals surface area contributed by atoms with Gasteiger partial charge in [-0.15, -0.1) is 6.42 Å². The number of rotatable bonds is 3. The lowest BCUT2D eigenvalue weighted by molar-refractivity contribution is 0.174. The summed E-state index contributed by atoms with van der Waals surface area (Å²) in [5.41, 5.74) is 0.813. The van der Waals surface area contributed by atoms with E-state index < -0.39 is 0 Å². The lowest BCUT2D eigenvalue weighted by atomic mass is 10.0. The fourth-order valence-corrected chi connectivity index (χ4v) is 1.85. The molecule has 1 aromatic carbocycles. The summed E-state index contributed by atoms with van der Waals surface area (Å²) in [5.74, 6) is 4.33. The van der Waals surface area contributed by atoms with Crippen molar-refractivity contribution in [3.63, 3.8) is 0 Å². The Kier molecular flexibility index (Phi) is 2.99. The van der Waals surface area contributed by atoms with Gasteiger partial charge in [0.1, 0.15) is 0 Å². The van der Waals surface area contributed by atoms with Gasteiger partial charge >= 0.3 is 0 Å². The molecule has 0 spiro atoms. The van der Waals surface area contributed by atoms with Crippen LogP contribution in [0.15, 0.2) is 18.2 Å².